The Hall–Kier alpha value is -0.530. The molecule has 0 spiro atoms. The first-order valence-corrected chi connectivity index (χ1v) is 7.35. The van der Waals surface area contributed by atoms with Gasteiger partial charge < -0.3 is 4.74 Å². The van der Waals surface area contributed by atoms with E-state index in [9.17, 15) is 4.79 Å². The predicted octanol–water partition coefficient (Wildman–Crippen LogP) is 2.72. The van der Waals surface area contributed by atoms with Crippen molar-refractivity contribution in [1.29, 1.82) is 0 Å². The van der Waals surface area contributed by atoms with Crippen LogP contribution in [0.2, 0.25) is 0 Å². The highest BCUT2D eigenvalue weighted by atomic mass is 16.5. The summed E-state index contributed by atoms with van der Waals surface area (Å²) >= 11 is 0. The zero-order chi connectivity index (χ0) is 11.7. The van der Waals surface area contributed by atoms with Gasteiger partial charge in [0.15, 0.2) is 0 Å². The molecule has 0 N–H and O–H groups in total. The minimum absolute atomic E-state index is 0.131. The number of esters is 1. The fourth-order valence-corrected chi connectivity index (χ4v) is 5.99. The van der Waals surface area contributed by atoms with E-state index in [-0.39, 0.29) is 11.9 Å². The molecule has 1 heterocycles. The standard InChI is InChI=1S/C15H22O2/c1-7-3-4-8(2)13-10-5-9(12(7)13)11-6-17-15(16)14(10)11/h7-14H,3-6H2,1-2H3. The molecule has 8 unspecified atom stereocenters. The van der Waals surface area contributed by atoms with Crippen molar-refractivity contribution in [3.05, 3.63) is 0 Å². The lowest BCUT2D eigenvalue weighted by Gasteiger charge is -2.46. The Kier molecular flexibility index (Phi) is 2.00. The lowest BCUT2D eigenvalue weighted by Crippen LogP contribution is -2.43. The fraction of sp³-hybridized carbons (Fsp3) is 0.933. The van der Waals surface area contributed by atoms with Gasteiger partial charge in [-0.05, 0) is 41.9 Å². The third-order valence-corrected chi connectivity index (χ3v) is 6.53. The van der Waals surface area contributed by atoms with Gasteiger partial charge in [0.1, 0.15) is 0 Å². The Morgan fingerprint density at radius 1 is 1.00 bits per heavy atom. The SMILES string of the molecule is CC1CCC(C)C2C3CC(C4COC(=O)C43)C12. The monoisotopic (exact) mass is 234 g/mol. The van der Waals surface area contributed by atoms with E-state index in [1.165, 1.54) is 19.3 Å². The van der Waals surface area contributed by atoms with Crippen LogP contribution in [0.1, 0.15) is 33.1 Å². The fourth-order valence-electron chi connectivity index (χ4n) is 5.99. The molecule has 3 saturated carbocycles. The molecule has 1 saturated heterocycles. The smallest absolute Gasteiger partial charge is 0.309 e. The van der Waals surface area contributed by atoms with Crippen LogP contribution in [-0.2, 0) is 9.53 Å². The Labute approximate surface area is 103 Å². The molecule has 17 heavy (non-hydrogen) atoms. The number of carbonyl (C=O) groups is 1. The second kappa shape index (κ2) is 3.27. The summed E-state index contributed by atoms with van der Waals surface area (Å²) in [5.74, 6) is 5.92. The normalized spacial score (nSPS) is 60.0. The molecular formula is C15H22O2. The van der Waals surface area contributed by atoms with E-state index in [4.69, 9.17) is 4.74 Å². The predicted molar refractivity (Wildman–Crippen MR) is 64.1 cm³/mol. The van der Waals surface area contributed by atoms with Gasteiger partial charge in [0.05, 0.1) is 12.5 Å². The number of hydrogen-bond donors (Lipinski definition) is 0. The number of ether oxygens (including phenoxy) is 1. The van der Waals surface area contributed by atoms with Crippen molar-refractivity contribution in [3.63, 3.8) is 0 Å². The molecule has 94 valence electrons. The van der Waals surface area contributed by atoms with Gasteiger partial charge in [0, 0.05) is 5.92 Å². The van der Waals surface area contributed by atoms with Crippen molar-refractivity contribution in [1.82, 2.24) is 0 Å². The molecule has 4 rings (SSSR count). The molecule has 4 aliphatic rings. The van der Waals surface area contributed by atoms with Crippen molar-refractivity contribution in [2.75, 3.05) is 6.61 Å². The summed E-state index contributed by atoms with van der Waals surface area (Å²) in [4.78, 5) is 11.9. The Morgan fingerprint density at radius 2 is 1.65 bits per heavy atom. The summed E-state index contributed by atoms with van der Waals surface area (Å²) in [5.41, 5.74) is 0. The molecule has 0 radical (unpaired) electrons. The third kappa shape index (κ3) is 1.15. The van der Waals surface area contributed by atoms with Crippen LogP contribution in [0.15, 0.2) is 0 Å². The van der Waals surface area contributed by atoms with Crippen LogP contribution in [0, 0.1) is 47.3 Å². The highest BCUT2D eigenvalue weighted by Gasteiger charge is 2.65. The van der Waals surface area contributed by atoms with E-state index < -0.39 is 0 Å². The molecule has 0 amide bonds. The van der Waals surface area contributed by atoms with E-state index in [0.29, 0.717) is 11.8 Å². The van der Waals surface area contributed by atoms with Gasteiger partial charge in [-0.1, -0.05) is 26.7 Å². The molecule has 0 aromatic rings. The van der Waals surface area contributed by atoms with Gasteiger partial charge in [-0.2, -0.15) is 0 Å². The van der Waals surface area contributed by atoms with Gasteiger partial charge in [0.2, 0.25) is 0 Å². The van der Waals surface area contributed by atoms with Gasteiger partial charge in [-0.25, -0.2) is 0 Å². The first-order chi connectivity index (χ1) is 8.18. The van der Waals surface area contributed by atoms with Gasteiger partial charge in [-0.15, -0.1) is 0 Å². The van der Waals surface area contributed by atoms with Crippen molar-refractivity contribution in [2.45, 2.75) is 33.1 Å². The Balaban J connectivity index is 1.72. The van der Waals surface area contributed by atoms with Crippen LogP contribution in [-0.4, -0.2) is 12.6 Å². The summed E-state index contributed by atoms with van der Waals surface area (Å²) < 4.78 is 5.34. The second-order valence-electron chi connectivity index (χ2n) is 7.07. The maximum Gasteiger partial charge on any atom is 0.309 e. The number of cyclic esters (lactones) is 1. The highest BCUT2D eigenvalue weighted by Crippen LogP contribution is 2.66. The van der Waals surface area contributed by atoms with Crippen LogP contribution in [0.25, 0.3) is 0 Å². The molecule has 3 aliphatic carbocycles. The molecule has 0 aromatic heterocycles. The van der Waals surface area contributed by atoms with E-state index in [2.05, 4.69) is 13.8 Å². The minimum Gasteiger partial charge on any atom is -0.465 e. The molecule has 4 fully saturated rings. The maximum atomic E-state index is 11.9. The molecule has 0 aromatic carbocycles. The summed E-state index contributed by atoms with van der Waals surface area (Å²) in [7, 11) is 0. The molecule has 1 aliphatic heterocycles. The summed E-state index contributed by atoms with van der Waals surface area (Å²) in [5, 5.41) is 0. The zero-order valence-electron chi connectivity index (χ0n) is 10.8. The van der Waals surface area contributed by atoms with Crippen molar-refractivity contribution >= 4 is 5.97 Å². The van der Waals surface area contributed by atoms with Crippen molar-refractivity contribution in [3.8, 4) is 0 Å². The van der Waals surface area contributed by atoms with E-state index in [0.717, 1.165) is 36.2 Å². The van der Waals surface area contributed by atoms with Gasteiger partial charge in [0.25, 0.3) is 0 Å². The Bertz CT molecular complexity index is 364. The molecule has 8 atom stereocenters. The zero-order valence-corrected chi connectivity index (χ0v) is 10.8. The lowest BCUT2D eigenvalue weighted by atomic mass is 9.58. The number of carbonyl (C=O) groups excluding carboxylic acids is 1. The first kappa shape index (κ1) is 10.4. The van der Waals surface area contributed by atoms with Gasteiger partial charge >= 0.3 is 5.97 Å². The Morgan fingerprint density at radius 3 is 2.35 bits per heavy atom. The van der Waals surface area contributed by atoms with Crippen LogP contribution in [0.3, 0.4) is 0 Å². The third-order valence-electron chi connectivity index (χ3n) is 6.53. The van der Waals surface area contributed by atoms with Crippen LogP contribution in [0.4, 0.5) is 0 Å². The van der Waals surface area contributed by atoms with Crippen molar-refractivity contribution < 1.29 is 9.53 Å². The summed E-state index contributed by atoms with van der Waals surface area (Å²) in [6, 6.07) is 0. The van der Waals surface area contributed by atoms with E-state index in [1.54, 1.807) is 0 Å². The van der Waals surface area contributed by atoms with Crippen LogP contribution < -0.4 is 0 Å². The molecular weight excluding hydrogens is 212 g/mol. The number of fused-ring (bicyclic) bond motifs is 8. The van der Waals surface area contributed by atoms with Crippen LogP contribution >= 0.6 is 0 Å². The maximum absolute atomic E-state index is 11.9. The topological polar surface area (TPSA) is 26.3 Å². The first-order valence-electron chi connectivity index (χ1n) is 7.35. The van der Waals surface area contributed by atoms with Gasteiger partial charge in [-0.3, -0.25) is 4.79 Å². The average Bonchev–Trinajstić information content (AvgIpc) is 2.95. The quantitative estimate of drug-likeness (QED) is 0.602. The molecule has 2 bridgehead atoms. The molecule has 2 nitrogen and oxygen atoms in total. The van der Waals surface area contributed by atoms with E-state index in [1.807, 2.05) is 0 Å². The van der Waals surface area contributed by atoms with E-state index >= 15 is 0 Å². The van der Waals surface area contributed by atoms with Crippen molar-refractivity contribution in [2.24, 2.45) is 47.3 Å². The molecule has 2 heteroatoms. The van der Waals surface area contributed by atoms with Crippen LogP contribution in [0.5, 0.6) is 0 Å². The summed E-state index contributed by atoms with van der Waals surface area (Å²) in [6.07, 6.45) is 4.10. The lowest BCUT2D eigenvalue weighted by molar-refractivity contribution is -0.143. The summed E-state index contributed by atoms with van der Waals surface area (Å²) in [6.45, 7) is 5.59. The second-order valence-corrected chi connectivity index (χ2v) is 7.07. The largest absolute Gasteiger partial charge is 0.465 e. The number of hydrogen-bond acceptors (Lipinski definition) is 2. The number of rotatable bonds is 0. The minimum atomic E-state index is 0.131. The average molecular weight is 234 g/mol. The highest BCUT2D eigenvalue weighted by molar-refractivity contribution is 5.76.